The van der Waals surface area contributed by atoms with Gasteiger partial charge in [0.15, 0.2) is 5.13 Å². The summed E-state index contributed by atoms with van der Waals surface area (Å²) in [6.07, 6.45) is 0.857. The molecule has 1 unspecified atom stereocenters. The van der Waals surface area contributed by atoms with Gasteiger partial charge in [0, 0.05) is 11.4 Å². The Bertz CT molecular complexity index is 462. The molecule has 3 N–H and O–H groups in total. The van der Waals surface area contributed by atoms with Crippen LogP contribution in [0, 0.1) is 6.92 Å². The maximum absolute atomic E-state index is 11.9. The molecule has 0 aromatic carbocycles. The normalized spacial score (nSPS) is 19.4. The summed E-state index contributed by atoms with van der Waals surface area (Å²) in [6, 6.07) is -0.392. The number of aromatic nitrogens is 1. The summed E-state index contributed by atoms with van der Waals surface area (Å²) in [5.74, 6) is -0.246. The maximum atomic E-state index is 11.9. The van der Waals surface area contributed by atoms with E-state index in [-0.39, 0.29) is 18.4 Å². The van der Waals surface area contributed by atoms with Gasteiger partial charge >= 0.3 is 0 Å². The largest absolute Gasteiger partial charge is 0.353 e. The van der Waals surface area contributed by atoms with E-state index in [2.05, 4.69) is 20.9 Å². The van der Waals surface area contributed by atoms with Crippen molar-refractivity contribution in [2.75, 3.05) is 18.4 Å². The van der Waals surface area contributed by atoms with Crippen molar-refractivity contribution in [1.82, 2.24) is 15.6 Å². The molecule has 2 heterocycles. The third-order valence-electron chi connectivity index (χ3n) is 2.79. The zero-order valence-electron chi connectivity index (χ0n) is 10.4. The van der Waals surface area contributed by atoms with E-state index in [1.54, 1.807) is 0 Å². The Balaban J connectivity index is 1.96. The van der Waals surface area contributed by atoms with Crippen molar-refractivity contribution in [2.45, 2.75) is 26.3 Å². The second kappa shape index (κ2) is 5.45. The summed E-state index contributed by atoms with van der Waals surface area (Å²) in [7, 11) is 0. The molecule has 1 atom stereocenters. The van der Waals surface area contributed by atoms with Crippen molar-refractivity contribution in [3.05, 3.63) is 10.6 Å². The lowest BCUT2D eigenvalue weighted by atomic mass is 10.2. The number of nitrogens with one attached hydrogen (secondary N) is 3. The number of amides is 2. The molecule has 1 aliphatic heterocycles. The quantitative estimate of drug-likeness (QED) is 0.723. The highest BCUT2D eigenvalue weighted by molar-refractivity contribution is 7.15. The lowest BCUT2D eigenvalue weighted by Crippen LogP contribution is -2.56. The van der Waals surface area contributed by atoms with Gasteiger partial charge in [-0.2, -0.15) is 0 Å². The van der Waals surface area contributed by atoms with Crippen molar-refractivity contribution in [2.24, 2.45) is 0 Å². The zero-order chi connectivity index (χ0) is 13.1. The highest BCUT2D eigenvalue weighted by Gasteiger charge is 2.24. The monoisotopic (exact) mass is 268 g/mol. The molecule has 7 heteroatoms. The number of thiazole rings is 1. The number of carbonyl (C=O) groups excluding carboxylic acids is 2. The highest BCUT2D eigenvalue weighted by atomic mass is 32.1. The Morgan fingerprint density at radius 2 is 2.39 bits per heavy atom. The highest BCUT2D eigenvalue weighted by Crippen LogP contribution is 2.22. The molecule has 0 spiro atoms. The first-order valence-corrected chi connectivity index (χ1v) is 6.69. The molecule has 1 saturated heterocycles. The Labute approximate surface area is 109 Å². The molecule has 0 bridgehead atoms. The maximum Gasteiger partial charge on any atom is 0.245 e. The summed E-state index contributed by atoms with van der Waals surface area (Å²) in [5.41, 5.74) is 1.01. The van der Waals surface area contributed by atoms with E-state index >= 15 is 0 Å². The molecule has 98 valence electrons. The van der Waals surface area contributed by atoms with Crippen molar-refractivity contribution in [1.29, 1.82) is 0 Å². The number of carbonyl (C=O) groups is 2. The molecule has 2 amide bonds. The average Bonchev–Trinajstić information content (AvgIpc) is 2.70. The van der Waals surface area contributed by atoms with Crippen molar-refractivity contribution in [3.63, 3.8) is 0 Å². The molecule has 0 saturated carbocycles. The Kier molecular flexibility index (Phi) is 3.93. The summed E-state index contributed by atoms with van der Waals surface area (Å²) in [5, 5.41) is 8.92. The minimum absolute atomic E-state index is 0.0857. The molecular weight excluding hydrogens is 252 g/mol. The standard InChI is InChI=1S/C11H16N4O2S/c1-3-7-6(2)18-11(14-7)15-10(17)8-4-13-9(16)5-12-8/h8,12H,3-5H2,1-2H3,(H,13,16)(H,14,15,17). The number of nitrogens with zero attached hydrogens (tertiary/aromatic N) is 1. The van der Waals surface area contributed by atoms with E-state index in [0.717, 1.165) is 17.0 Å². The van der Waals surface area contributed by atoms with Crippen LogP contribution in [0.3, 0.4) is 0 Å². The van der Waals surface area contributed by atoms with Gasteiger partial charge < -0.3 is 10.6 Å². The van der Waals surface area contributed by atoms with Gasteiger partial charge in [0.2, 0.25) is 11.8 Å². The lowest BCUT2D eigenvalue weighted by molar-refractivity contribution is -0.124. The predicted molar refractivity (Wildman–Crippen MR) is 69.7 cm³/mol. The lowest BCUT2D eigenvalue weighted by Gasteiger charge is -2.22. The second-order valence-corrected chi connectivity index (χ2v) is 5.31. The van der Waals surface area contributed by atoms with E-state index in [0.29, 0.717) is 11.7 Å². The summed E-state index contributed by atoms with van der Waals surface area (Å²) >= 11 is 1.47. The molecule has 6 nitrogen and oxygen atoms in total. The van der Waals surface area contributed by atoms with Gasteiger partial charge in [0.05, 0.1) is 12.2 Å². The first-order chi connectivity index (χ1) is 8.60. The third kappa shape index (κ3) is 2.85. The first-order valence-electron chi connectivity index (χ1n) is 5.87. The molecule has 1 aromatic heterocycles. The van der Waals surface area contributed by atoms with E-state index in [9.17, 15) is 9.59 Å². The van der Waals surface area contributed by atoms with Gasteiger partial charge in [-0.1, -0.05) is 6.92 Å². The fraction of sp³-hybridized carbons (Fsp3) is 0.545. The van der Waals surface area contributed by atoms with Crippen LogP contribution in [0.1, 0.15) is 17.5 Å². The summed E-state index contributed by atoms with van der Waals surface area (Å²) < 4.78 is 0. The molecule has 2 rings (SSSR count). The van der Waals surface area contributed by atoms with E-state index in [4.69, 9.17) is 0 Å². The van der Waals surface area contributed by atoms with Crippen LogP contribution >= 0.6 is 11.3 Å². The van der Waals surface area contributed by atoms with Crippen LogP contribution in [0.5, 0.6) is 0 Å². The van der Waals surface area contributed by atoms with Crippen LogP contribution in [0.4, 0.5) is 5.13 Å². The molecule has 18 heavy (non-hydrogen) atoms. The van der Waals surface area contributed by atoms with Crippen LogP contribution in [0.2, 0.25) is 0 Å². The molecule has 1 aliphatic rings. The number of anilines is 1. The third-order valence-corrected chi connectivity index (χ3v) is 3.72. The van der Waals surface area contributed by atoms with Crippen LogP contribution in [0.25, 0.3) is 0 Å². The second-order valence-electron chi connectivity index (χ2n) is 4.10. The minimum atomic E-state index is -0.392. The van der Waals surface area contributed by atoms with E-state index in [1.165, 1.54) is 11.3 Å². The van der Waals surface area contributed by atoms with Crippen LogP contribution in [-0.4, -0.2) is 35.9 Å². The van der Waals surface area contributed by atoms with Crippen LogP contribution in [0.15, 0.2) is 0 Å². The Hall–Kier alpha value is -1.47. The molecule has 0 aliphatic carbocycles. The van der Waals surface area contributed by atoms with E-state index in [1.807, 2.05) is 13.8 Å². The van der Waals surface area contributed by atoms with Gasteiger partial charge in [-0.15, -0.1) is 11.3 Å². The topological polar surface area (TPSA) is 83.1 Å². The van der Waals surface area contributed by atoms with Crippen molar-refractivity contribution in [3.8, 4) is 0 Å². The predicted octanol–water partition coefficient (Wildman–Crippen LogP) is 0.0404. The Morgan fingerprint density at radius 1 is 1.61 bits per heavy atom. The number of rotatable bonds is 3. The molecular formula is C11H16N4O2S. The first kappa shape index (κ1) is 13.0. The fourth-order valence-electron chi connectivity index (χ4n) is 1.75. The SMILES string of the molecule is CCc1nc(NC(=O)C2CNC(=O)CN2)sc1C. The fourth-order valence-corrected chi connectivity index (χ4v) is 2.66. The van der Waals surface area contributed by atoms with Crippen molar-refractivity contribution < 1.29 is 9.59 Å². The van der Waals surface area contributed by atoms with E-state index < -0.39 is 6.04 Å². The van der Waals surface area contributed by atoms with Crippen molar-refractivity contribution >= 4 is 28.3 Å². The minimum Gasteiger partial charge on any atom is -0.353 e. The van der Waals surface area contributed by atoms with Crippen LogP contribution < -0.4 is 16.0 Å². The zero-order valence-corrected chi connectivity index (χ0v) is 11.2. The van der Waals surface area contributed by atoms with Gasteiger partial charge in [0.1, 0.15) is 6.04 Å². The van der Waals surface area contributed by atoms with Gasteiger partial charge in [0.25, 0.3) is 0 Å². The number of aryl methyl sites for hydroxylation is 2. The van der Waals surface area contributed by atoms with Gasteiger partial charge in [-0.05, 0) is 13.3 Å². The van der Waals surface area contributed by atoms with Gasteiger partial charge in [-0.3, -0.25) is 14.9 Å². The molecule has 1 aromatic rings. The smallest absolute Gasteiger partial charge is 0.245 e. The number of hydrogen-bond donors (Lipinski definition) is 3. The van der Waals surface area contributed by atoms with Gasteiger partial charge in [-0.25, -0.2) is 4.98 Å². The summed E-state index contributed by atoms with van der Waals surface area (Å²) in [4.78, 5) is 28.4. The Morgan fingerprint density at radius 3 is 2.94 bits per heavy atom. The number of hydrogen-bond acceptors (Lipinski definition) is 5. The molecule has 1 fully saturated rings. The summed E-state index contributed by atoms with van der Waals surface area (Å²) in [6.45, 7) is 4.52. The average molecular weight is 268 g/mol. The number of piperazine rings is 1. The van der Waals surface area contributed by atoms with Crippen LogP contribution in [-0.2, 0) is 16.0 Å². The molecule has 0 radical (unpaired) electrons.